The van der Waals surface area contributed by atoms with Gasteiger partial charge < -0.3 is 10.1 Å². The van der Waals surface area contributed by atoms with Gasteiger partial charge in [0.05, 0.1) is 40.8 Å². The molecule has 1 aromatic heterocycles. The average molecular weight is 483 g/mol. The largest absolute Gasteiger partial charge is 0.496 e. The van der Waals surface area contributed by atoms with Crippen LogP contribution in [0.3, 0.4) is 0 Å². The molecule has 0 spiro atoms. The molecular formula is C23H23BrN4O3. The second kappa shape index (κ2) is 8.98. The van der Waals surface area contributed by atoms with Crippen molar-refractivity contribution < 1.29 is 9.53 Å². The zero-order valence-electron chi connectivity index (χ0n) is 17.2. The molecule has 8 heteroatoms. The summed E-state index contributed by atoms with van der Waals surface area (Å²) in [6.07, 6.45) is 4.06. The smallest absolute Gasteiger partial charge is 0.329 e. The Morgan fingerprint density at radius 2 is 1.97 bits per heavy atom. The maximum Gasteiger partial charge on any atom is 0.329 e. The summed E-state index contributed by atoms with van der Waals surface area (Å²) in [5, 5.41) is 12.2. The topological polar surface area (TPSA) is 89.0 Å². The summed E-state index contributed by atoms with van der Waals surface area (Å²) < 4.78 is 9.73. The molecule has 1 aliphatic rings. The van der Waals surface area contributed by atoms with Crippen LogP contribution in [-0.2, 0) is 11.3 Å². The molecule has 1 fully saturated rings. The third kappa shape index (κ3) is 4.10. The van der Waals surface area contributed by atoms with Gasteiger partial charge in [-0.3, -0.25) is 13.9 Å². The Labute approximate surface area is 188 Å². The molecule has 1 heterocycles. The highest BCUT2D eigenvalue weighted by molar-refractivity contribution is 9.10. The van der Waals surface area contributed by atoms with Crippen LogP contribution >= 0.6 is 15.9 Å². The van der Waals surface area contributed by atoms with E-state index in [9.17, 15) is 14.9 Å². The van der Waals surface area contributed by atoms with E-state index in [4.69, 9.17) is 4.74 Å². The zero-order valence-corrected chi connectivity index (χ0v) is 18.8. The van der Waals surface area contributed by atoms with Crippen molar-refractivity contribution in [1.29, 1.82) is 5.26 Å². The number of hydrogen-bond acceptors (Lipinski definition) is 4. The Morgan fingerprint density at radius 3 is 2.61 bits per heavy atom. The highest BCUT2D eigenvalue weighted by Crippen LogP contribution is 2.31. The fraction of sp³-hybridized carbons (Fsp3) is 0.348. The second-order valence-electron chi connectivity index (χ2n) is 7.81. The van der Waals surface area contributed by atoms with Crippen molar-refractivity contribution in [2.45, 2.75) is 44.3 Å². The minimum Gasteiger partial charge on any atom is -0.496 e. The van der Waals surface area contributed by atoms with Crippen LogP contribution in [0.25, 0.3) is 11.0 Å². The number of nitrogens with one attached hydrogen (secondary N) is 1. The Kier molecular flexibility index (Phi) is 6.14. The number of amides is 1. The van der Waals surface area contributed by atoms with E-state index in [1.807, 2.05) is 28.8 Å². The van der Waals surface area contributed by atoms with Crippen molar-refractivity contribution in [2.24, 2.45) is 0 Å². The molecule has 1 saturated carbocycles. The summed E-state index contributed by atoms with van der Waals surface area (Å²) in [7, 11) is 1.61. The van der Waals surface area contributed by atoms with Crippen LogP contribution in [0.4, 0.5) is 0 Å². The predicted octanol–water partition coefficient (Wildman–Crippen LogP) is 3.72. The number of benzene rings is 2. The molecule has 7 nitrogen and oxygen atoms in total. The number of hydrogen-bond donors (Lipinski definition) is 1. The van der Waals surface area contributed by atoms with Crippen molar-refractivity contribution in [2.75, 3.05) is 7.11 Å². The second-order valence-corrected chi connectivity index (χ2v) is 8.67. The van der Waals surface area contributed by atoms with Crippen LogP contribution in [0.1, 0.15) is 42.9 Å². The van der Waals surface area contributed by atoms with Crippen LogP contribution in [0, 0.1) is 11.3 Å². The van der Waals surface area contributed by atoms with Gasteiger partial charge in [-0.1, -0.05) is 6.07 Å². The molecule has 0 unspecified atom stereocenters. The first-order chi connectivity index (χ1) is 15.0. The van der Waals surface area contributed by atoms with Gasteiger partial charge in [0.1, 0.15) is 5.75 Å². The van der Waals surface area contributed by atoms with E-state index in [0.717, 1.165) is 58.9 Å². The molecule has 2 aromatic carbocycles. The molecular weight excluding hydrogens is 460 g/mol. The number of methoxy groups -OCH3 is 1. The van der Waals surface area contributed by atoms with Gasteiger partial charge in [-0.2, -0.15) is 5.26 Å². The fourth-order valence-corrected chi connectivity index (χ4v) is 5.03. The molecule has 0 saturated heterocycles. The number of rotatable bonds is 6. The van der Waals surface area contributed by atoms with E-state index in [-0.39, 0.29) is 17.8 Å². The fourth-order valence-electron chi connectivity index (χ4n) is 4.44. The Hall–Kier alpha value is -3.05. The molecule has 0 aliphatic heterocycles. The third-order valence-electron chi connectivity index (χ3n) is 6.01. The van der Waals surface area contributed by atoms with Crippen molar-refractivity contribution in [1.82, 2.24) is 14.5 Å². The highest BCUT2D eigenvalue weighted by atomic mass is 79.9. The van der Waals surface area contributed by atoms with Gasteiger partial charge in [0, 0.05) is 12.1 Å². The number of nitrogens with zero attached hydrogens (tertiary/aromatic N) is 3. The summed E-state index contributed by atoms with van der Waals surface area (Å²) in [5.41, 5.74) is 2.99. The van der Waals surface area contributed by atoms with E-state index in [1.54, 1.807) is 23.8 Å². The standard InChI is InChI=1S/C23H23BrN4O3/c1-31-22-9-3-16(10-19(22)24)13-27-21-11-15(12-25)2-8-20(21)28(23(27)30)18-6-4-17(5-7-18)26-14-29/h2-3,8-11,14,17-18H,4-7,13H2,1H3,(H,26,29)/t17-,18-. The molecule has 31 heavy (non-hydrogen) atoms. The van der Waals surface area contributed by atoms with Crippen LogP contribution in [0.2, 0.25) is 0 Å². The summed E-state index contributed by atoms with van der Waals surface area (Å²) in [5.74, 6) is 0.728. The van der Waals surface area contributed by atoms with Crippen LogP contribution in [0.15, 0.2) is 45.7 Å². The SMILES string of the molecule is COc1ccc(Cn2c(=O)n([C@H]3CC[C@H](NC=O)CC3)c3ccc(C#N)cc32)cc1Br. The van der Waals surface area contributed by atoms with Gasteiger partial charge in [-0.25, -0.2) is 4.79 Å². The van der Waals surface area contributed by atoms with Gasteiger partial charge in [0.25, 0.3) is 0 Å². The Morgan fingerprint density at radius 1 is 1.19 bits per heavy atom. The maximum atomic E-state index is 13.5. The maximum absolute atomic E-state index is 13.5. The molecule has 1 aliphatic carbocycles. The molecule has 0 bridgehead atoms. The van der Waals surface area contributed by atoms with E-state index >= 15 is 0 Å². The predicted molar refractivity (Wildman–Crippen MR) is 121 cm³/mol. The molecule has 160 valence electrons. The lowest BCUT2D eigenvalue weighted by atomic mass is 9.91. The lowest BCUT2D eigenvalue weighted by Crippen LogP contribution is -2.35. The van der Waals surface area contributed by atoms with Gasteiger partial charge in [-0.15, -0.1) is 0 Å². The minimum absolute atomic E-state index is 0.0662. The molecule has 3 aromatic rings. The number of aromatic nitrogens is 2. The Bertz CT molecular complexity index is 1220. The lowest BCUT2D eigenvalue weighted by Gasteiger charge is -2.28. The normalized spacial score (nSPS) is 18.5. The number of imidazole rings is 1. The average Bonchev–Trinajstić information content (AvgIpc) is 3.05. The first-order valence-corrected chi connectivity index (χ1v) is 11.0. The van der Waals surface area contributed by atoms with Crippen LogP contribution in [0.5, 0.6) is 5.75 Å². The first-order valence-electron chi connectivity index (χ1n) is 10.2. The highest BCUT2D eigenvalue weighted by Gasteiger charge is 2.26. The number of ether oxygens (including phenoxy) is 1. The number of halogens is 1. The number of nitriles is 1. The summed E-state index contributed by atoms with van der Waals surface area (Å²) in [4.78, 5) is 24.3. The Balaban J connectivity index is 1.76. The third-order valence-corrected chi connectivity index (χ3v) is 6.63. The molecule has 0 radical (unpaired) electrons. The summed E-state index contributed by atoms with van der Waals surface area (Å²) in [6.45, 7) is 0.391. The molecule has 1 amide bonds. The van der Waals surface area contributed by atoms with Crippen molar-refractivity contribution in [3.63, 3.8) is 0 Å². The number of fused-ring (bicyclic) bond motifs is 1. The van der Waals surface area contributed by atoms with Gasteiger partial charge in [0.2, 0.25) is 6.41 Å². The van der Waals surface area contributed by atoms with Gasteiger partial charge in [-0.05, 0) is 77.5 Å². The monoisotopic (exact) mass is 482 g/mol. The van der Waals surface area contributed by atoms with Crippen molar-refractivity contribution in [3.05, 3.63) is 62.5 Å². The lowest BCUT2D eigenvalue weighted by molar-refractivity contribution is -0.110. The van der Waals surface area contributed by atoms with Crippen LogP contribution in [-0.4, -0.2) is 28.7 Å². The van der Waals surface area contributed by atoms with E-state index < -0.39 is 0 Å². The molecule has 4 rings (SSSR count). The molecule has 1 N–H and O–H groups in total. The number of carbonyl (C=O) groups excluding carboxylic acids is 1. The van der Waals surface area contributed by atoms with Crippen molar-refractivity contribution in [3.8, 4) is 11.8 Å². The van der Waals surface area contributed by atoms with Gasteiger partial charge in [0.15, 0.2) is 0 Å². The van der Waals surface area contributed by atoms with E-state index in [1.165, 1.54) is 0 Å². The molecule has 0 atom stereocenters. The number of carbonyl (C=O) groups is 1. The van der Waals surface area contributed by atoms with Crippen LogP contribution < -0.4 is 15.7 Å². The zero-order chi connectivity index (χ0) is 22.0. The summed E-state index contributed by atoms with van der Waals surface area (Å²) in [6, 6.07) is 13.6. The van der Waals surface area contributed by atoms with E-state index in [0.29, 0.717) is 12.1 Å². The first kappa shape index (κ1) is 21.2. The van der Waals surface area contributed by atoms with Crippen molar-refractivity contribution >= 4 is 33.4 Å². The summed E-state index contributed by atoms with van der Waals surface area (Å²) >= 11 is 3.51. The minimum atomic E-state index is -0.0798. The van der Waals surface area contributed by atoms with E-state index in [2.05, 4.69) is 27.3 Å². The van der Waals surface area contributed by atoms with Gasteiger partial charge >= 0.3 is 5.69 Å². The quantitative estimate of drug-likeness (QED) is 0.542.